The topological polar surface area (TPSA) is 64.6 Å². The highest BCUT2D eigenvalue weighted by Crippen LogP contribution is 2.17. The van der Waals surface area contributed by atoms with Gasteiger partial charge >= 0.3 is 0 Å². The maximum atomic E-state index is 11.7. The second kappa shape index (κ2) is 14.7. The molecule has 24 heavy (non-hydrogen) atoms. The molecule has 0 bridgehead atoms. The summed E-state index contributed by atoms with van der Waals surface area (Å²) in [4.78, 5) is 23.3. The predicted octanol–water partition coefficient (Wildman–Crippen LogP) is 3.33. The molecule has 0 aliphatic heterocycles. The van der Waals surface area contributed by atoms with Crippen LogP contribution in [0.1, 0.15) is 59.3 Å². The van der Waals surface area contributed by atoms with E-state index in [1.807, 2.05) is 20.8 Å². The van der Waals surface area contributed by atoms with Gasteiger partial charge in [-0.2, -0.15) is 0 Å². The molecular weight excluding hydrogens is 330 g/mol. The summed E-state index contributed by atoms with van der Waals surface area (Å²) in [6, 6.07) is 0. The average Bonchev–Trinajstić information content (AvgIpc) is 2.52. The van der Waals surface area contributed by atoms with E-state index in [0.717, 1.165) is 38.2 Å². The zero-order chi connectivity index (χ0) is 18.3. The van der Waals surface area contributed by atoms with Crippen molar-refractivity contribution < 1.29 is 19.1 Å². The second-order valence-electron chi connectivity index (χ2n) is 6.85. The molecule has 0 saturated heterocycles. The fourth-order valence-electron chi connectivity index (χ4n) is 1.93. The molecule has 0 saturated carbocycles. The summed E-state index contributed by atoms with van der Waals surface area (Å²) < 4.78 is 10.8. The van der Waals surface area contributed by atoms with Crippen LogP contribution in [0.15, 0.2) is 0 Å². The molecule has 0 fully saturated rings. The van der Waals surface area contributed by atoms with Crippen LogP contribution >= 0.6 is 11.6 Å². The number of halogens is 1. The highest BCUT2D eigenvalue weighted by atomic mass is 35.5. The van der Waals surface area contributed by atoms with Crippen LogP contribution in [-0.4, -0.2) is 50.5 Å². The molecular formula is C18H34ClNO4. The van der Waals surface area contributed by atoms with Gasteiger partial charge in [-0.25, -0.2) is 0 Å². The van der Waals surface area contributed by atoms with Gasteiger partial charge in [0.05, 0.1) is 19.8 Å². The van der Waals surface area contributed by atoms with E-state index in [1.54, 1.807) is 0 Å². The summed E-state index contributed by atoms with van der Waals surface area (Å²) in [5, 5.41) is 2.75. The quantitative estimate of drug-likeness (QED) is 0.358. The molecule has 0 aliphatic rings. The van der Waals surface area contributed by atoms with Crippen molar-refractivity contribution in [2.75, 3.05) is 38.9 Å². The number of hydrogen-bond donors (Lipinski definition) is 1. The summed E-state index contributed by atoms with van der Waals surface area (Å²) in [5.74, 6) is 0.733. The molecule has 0 spiro atoms. The molecule has 1 amide bonds. The van der Waals surface area contributed by atoms with Crippen molar-refractivity contribution in [2.45, 2.75) is 59.3 Å². The Balaban J connectivity index is 3.32. The molecule has 0 aromatic heterocycles. The lowest BCUT2D eigenvalue weighted by Gasteiger charge is -2.16. The molecule has 0 aromatic rings. The van der Waals surface area contributed by atoms with Crippen LogP contribution in [0.25, 0.3) is 0 Å². The lowest BCUT2D eigenvalue weighted by Crippen LogP contribution is -2.29. The Morgan fingerprint density at radius 1 is 0.875 bits per heavy atom. The van der Waals surface area contributed by atoms with Crippen LogP contribution in [-0.2, 0) is 19.1 Å². The summed E-state index contributed by atoms with van der Waals surface area (Å²) in [5.41, 5.74) is -0.381. The van der Waals surface area contributed by atoms with Crippen LogP contribution in [0.3, 0.4) is 0 Å². The number of carbonyl (C=O) groups excluding carboxylic acids is 2. The number of ketones is 1. The molecule has 0 heterocycles. The first-order valence-corrected chi connectivity index (χ1v) is 9.43. The van der Waals surface area contributed by atoms with E-state index in [4.69, 9.17) is 21.1 Å². The minimum absolute atomic E-state index is 0.105. The fraction of sp³-hybridized carbons (Fsp3) is 0.889. The van der Waals surface area contributed by atoms with Crippen molar-refractivity contribution in [1.29, 1.82) is 0 Å². The summed E-state index contributed by atoms with van der Waals surface area (Å²) >= 11 is 5.60. The van der Waals surface area contributed by atoms with Gasteiger partial charge in [0.2, 0.25) is 5.91 Å². The molecule has 0 radical (unpaired) electrons. The maximum Gasteiger partial charge on any atom is 0.220 e. The normalized spacial score (nSPS) is 11.5. The molecule has 0 aliphatic carbocycles. The number of amides is 1. The second-order valence-corrected chi connectivity index (χ2v) is 7.23. The summed E-state index contributed by atoms with van der Waals surface area (Å²) in [7, 11) is 0. The Bertz CT molecular complexity index is 342. The van der Waals surface area contributed by atoms with Gasteiger partial charge in [0.15, 0.2) is 0 Å². The number of unbranched alkanes of at least 4 members (excludes halogenated alkanes) is 3. The summed E-state index contributed by atoms with van der Waals surface area (Å²) in [6.07, 6.45) is 4.96. The number of nitrogens with one attached hydrogen (secondary N) is 1. The average molecular weight is 364 g/mol. The van der Waals surface area contributed by atoms with E-state index in [9.17, 15) is 9.59 Å². The first-order valence-electron chi connectivity index (χ1n) is 8.89. The zero-order valence-electron chi connectivity index (χ0n) is 15.5. The van der Waals surface area contributed by atoms with Gasteiger partial charge in [-0.1, -0.05) is 33.6 Å². The van der Waals surface area contributed by atoms with Crippen LogP contribution in [0.5, 0.6) is 0 Å². The lowest BCUT2D eigenvalue weighted by molar-refractivity contribution is -0.129. The molecule has 0 aromatic carbocycles. The monoisotopic (exact) mass is 363 g/mol. The van der Waals surface area contributed by atoms with Crippen molar-refractivity contribution in [3.63, 3.8) is 0 Å². The number of ether oxygens (including phenoxy) is 2. The van der Waals surface area contributed by atoms with Crippen LogP contribution in [0.2, 0.25) is 0 Å². The van der Waals surface area contributed by atoms with Gasteiger partial charge < -0.3 is 14.8 Å². The van der Waals surface area contributed by atoms with E-state index in [2.05, 4.69) is 5.32 Å². The number of Topliss-reactive ketones (excluding diaryl/α,β-unsaturated/α-hetero) is 1. The third kappa shape index (κ3) is 14.9. The van der Waals surface area contributed by atoms with E-state index in [1.165, 1.54) is 0 Å². The minimum atomic E-state index is -0.381. The number of carbonyl (C=O) groups is 2. The Morgan fingerprint density at radius 3 is 2.12 bits per heavy atom. The largest absolute Gasteiger partial charge is 0.379 e. The highest BCUT2D eigenvalue weighted by Gasteiger charge is 2.21. The van der Waals surface area contributed by atoms with Crippen LogP contribution < -0.4 is 5.32 Å². The van der Waals surface area contributed by atoms with E-state index >= 15 is 0 Å². The lowest BCUT2D eigenvalue weighted by atomic mass is 9.88. The number of rotatable bonds is 15. The highest BCUT2D eigenvalue weighted by molar-refractivity contribution is 6.17. The molecule has 6 heteroatoms. The Morgan fingerprint density at radius 2 is 1.50 bits per heavy atom. The van der Waals surface area contributed by atoms with Crippen molar-refractivity contribution in [1.82, 2.24) is 5.32 Å². The fourth-order valence-corrected chi connectivity index (χ4v) is 2.12. The molecule has 0 rings (SSSR count). The molecule has 0 atom stereocenters. The van der Waals surface area contributed by atoms with E-state index < -0.39 is 0 Å². The number of hydrogen-bond acceptors (Lipinski definition) is 4. The predicted molar refractivity (Wildman–Crippen MR) is 97.5 cm³/mol. The van der Waals surface area contributed by atoms with Gasteiger partial charge in [-0.3, -0.25) is 9.59 Å². The molecule has 1 N–H and O–H groups in total. The van der Waals surface area contributed by atoms with Crippen molar-refractivity contribution >= 4 is 23.3 Å². The standard InChI is InChI=1S/C18H34ClNO4/c1-18(2,3)16(21)8-9-17(22)20-11-13-24-15-14-23-12-7-5-4-6-10-19/h4-15H2,1-3H3,(H,20,22). The van der Waals surface area contributed by atoms with Crippen LogP contribution in [0.4, 0.5) is 0 Å². The van der Waals surface area contributed by atoms with Gasteiger partial charge in [0.25, 0.3) is 0 Å². The maximum absolute atomic E-state index is 11.7. The summed E-state index contributed by atoms with van der Waals surface area (Å²) in [6.45, 7) is 8.36. The van der Waals surface area contributed by atoms with Crippen molar-refractivity contribution in [2.24, 2.45) is 5.41 Å². The molecule has 5 nitrogen and oxygen atoms in total. The van der Waals surface area contributed by atoms with Gasteiger partial charge in [-0.05, 0) is 12.8 Å². The Labute approximate surface area is 151 Å². The van der Waals surface area contributed by atoms with Crippen molar-refractivity contribution in [3.05, 3.63) is 0 Å². The smallest absolute Gasteiger partial charge is 0.220 e. The van der Waals surface area contributed by atoms with E-state index in [-0.39, 0.29) is 29.9 Å². The van der Waals surface area contributed by atoms with Gasteiger partial charge in [0.1, 0.15) is 5.78 Å². The van der Waals surface area contributed by atoms with Crippen LogP contribution in [0, 0.1) is 5.41 Å². The third-order valence-electron chi connectivity index (χ3n) is 3.53. The minimum Gasteiger partial charge on any atom is -0.379 e. The number of alkyl halides is 1. The zero-order valence-corrected chi connectivity index (χ0v) is 16.3. The van der Waals surface area contributed by atoms with Crippen molar-refractivity contribution in [3.8, 4) is 0 Å². The molecule has 142 valence electrons. The van der Waals surface area contributed by atoms with E-state index in [0.29, 0.717) is 26.4 Å². The SMILES string of the molecule is CC(C)(C)C(=O)CCC(=O)NCCOCCOCCCCCCCl. The molecule has 0 unspecified atom stereocenters. The first kappa shape index (κ1) is 23.4. The van der Waals surface area contributed by atoms with Gasteiger partial charge in [-0.15, -0.1) is 11.6 Å². The first-order chi connectivity index (χ1) is 11.4. The Hall–Kier alpha value is -0.650. The Kier molecular flexibility index (Phi) is 14.3. The van der Waals surface area contributed by atoms with Gasteiger partial charge in [0, 0.05) is 37.3 Å². The third-order valence-corrected chi connectivity index (χ3v) is 3.80.